The third-order valence-corrected chi connectivity index (χ3v) is 5.94. The van der Waals surface area contributed by atoms with Crippen molar-refractivity contribution < 1.29 is 14.7 Å². The van der Waals surface area contributed by atoms with Gasteiger partial charge in [-0.2, -0.15) is 0 Å². The van der Waals surface area contributed by atoms with Crippen LogP contribution in [0.25, 0.3) is 0 Å². The van der Waals surface area contributed by atoms with Crippen LogP contribution in [0.2, 0.25) is 0 Å². The Kier molecular flexibility index (Phi) is 5.65. The number of para-hydroxylation sites is 1. The molecule has 6 nitrogen and oxygen atoms in total. The molecule has 2 saturated heterocycles. The molecule has 0 saturated carbocycles. The van der Waals surface area contributed by atoms with Crippen LogP contribution in [-0.2, 0) is 16.0 Å². The molecule has 2 heterocycles. The standard InChI is InChI=1S/C23H27N3O3/c27-21(23(29)12-14-26(22(23)28)20-9-5-2-6-10-20)25-17-15-24(16-18-25)13-11-19-7-3-1-4-8-19/h1-10,29H,11-18H2/t23-/m0/s1. The van der Waals surface area contributed by atoms with Gasteiger partial charge in [-0.25, -0.2) is 0 Å². The maximum atomic E-state index is 13.0. The van der Waals surface area contributed by atoms with Crippen molar-refractivity contribution in [2.45, 2.75) is 18.4 Å². The van der Waals surface area contributed by atoms with Gasteiger partial charge in [-0.3, -0.25) is 14.5 Å². The van der Waals surface area contributed by atoms with Crippen molar-refractivity contribution in [3.63, 3.8) is 0 Å². The molecular weight excluding hydrogens is 366 g/mol. The molecule has 2 fully saturated rings. The quantitative estimate of drug-likeness (QED) is 0.783. The van der Waals surface area contributed by atoms with E-state index in [-0.39, 0.29) is 6.42 Å². The SMILES string of the molecule is O=C(N1CCN(CCc2ccccc2)CC1)[C@@]1(O)CCN(c2ccccc2)C1=O. The van der Waals surface area contributed by atoms with Crippen LogP contribution in [0, 0.1) is 0 Å². The largest absolute Gasteiger partial charge is 0.372 e. The Hall–Kier alpha value is -2.70. The topological polar surface area (TPSA) is 64.1 Å². The van der Waals surface area contributed by atoms with E-state index in [1.54, 1.807) is 4.90 Å². The zero-order valence-corrected chi connectivity index (χ0v) is 16.5. The van der Waals surface area contributed by atoms with Gasteiger partial charge in [-0.1, -0.05) is 48.5 Å². The highest BCUT2D eigenvalue weighted by Crippen LogP contribution is 2.30. The highest BCUT2D eigenvalue weighted by molar-refractivity contribution is 6.16. The van der Waals surface area contributed by atoms with E-state index >= 15 is 0 Å². The van der Waals surface area contributed by atoms with Crippen molar-refractivity contribution in [2.75, 3.05) is 44.2 Å². The molecule has 0 aliphatic carbocycles. The maximum absolute atomic E-state index is 13.0. The number of aliphatic hydroxyl groups is 1. The van der Waals surface area contributed by atoms with E-state index in [0.29, 0.717) is 25.3 Å². The van der Waals surface area contributed by atoms with Crippen molar-refractivity contribution in [1.29, 1.82) is 0 Å². The summed E-state index contributed by atoms with van der Waals surface area (Å²) >= 11 is 0. The zero-order chi connectivity index (χ0) is 20.3. The first-order valence-corrected chi connectivity index (χ1v) is 10.2. The minimum Gasteiger partial charge on any atom is -0.372 e. The molecule has 2 aliphatic heterocycles. The molecule has 0 bridgehead atoms. The summed E-state index contributed by atoms with van der Waals surface area (Å²) in [6.45, 7) is 3.87. The van der Waals surface area contributed by atoms with Gasteiger partial charge < -0.3 is 14.9 Å². The molecule has 0 aromatic heterocycles. The van der Waals surface area contributed by atoms with Crippen molar-refractivity contribution in [3.05, 3.63) is 66.2 Å². The Labute approximate surface area is 171 Å². The molecule has 2 aromatic rings. The average Bonchev–Trinajstić information content (AvgIpc) is 3.09. The van der Waals surface area contributed by atoms with E-state index in [1.807, 2.05) is 48.5 Å². The monoisotopic (exact) mass is 393 g/mol. The van der Waals surface area contributed by atoms with Gasteiger partial charge in [0.05, 0.1) is 0 Å². The molecule has 1 atom stereocenters. The Bertz CT molecular complexity index is 850. The predicted molar refractivity (Wildman–Crippen MR) is 112 cm³/mol. The lowest BCUT2D eigenvalue weighted by molar-refractivity contribution is -0.158. The van der Waals surface area contributed by atoms with E-state index in [0.717, 1.165) is 26.1 Å². The molecule has 6 heteroatoms. The lowest BCUT2D eigenvalue weighted by atomic mass is 10.00. The van der Waals surface area contributed by atoms with Gasteiger partial charge in [0.2, 0.25) is 5.60 Å². The summed E-state index contributed by atoms with van der Waals surface area (Å²) in [6, 6.07) is 19.6. The molecule has 4 rings (SSSR count). The van der Waals surface area contributed by atoms with Crippen LogP contribution in [0.3, 0.4) is 0 Å². The fourth-order valence-electron chi connectivity index (χ4n) is 4.13. The summed E-state index contributed by atoms with van der Waals surface area (Å²) in [5, 5.41) is 10.9. The second kappa shape index (κ2) is 8.35. The average molecular weight is 393 g/mol. The Balaban J connectivity index is 1.33. The number of benzene rings is 2. The molecule has 0 unspecified atom stereocenters. The summed E-state index contributed by atoms with van der Waals surface area (Å²) in [5.41, 5.74) is 0.0759. The van der Waals surface area contributed by atoms with Crippen molar-refractivity contribution in [3.8, 4) is 0 Å². The second-order valence-corrected chi connectivity index (χ2v) is 7.77. The van der Waals surface area contributed by atoms with E-state index in [2.05, 4.69) is 17.0 Å². The van der Waals surface area contributed by atoms with Crippen LogP contribution in [0.15, 0.2) is 60.7 Å². The molecule has 2 aromatic carbocycles. The molecule has 0 radical (unpaired) electrons. The van der Waals surface area contributed by atoms with Gasteiger partial charge in [0.25, 0.3) is 11.8 Å². The number of hydrogen-bond donors (Lipinski definition) is 1. The molecule has 29 heavy (non-hydrogen) atoms. The predicted octanol–water partition coefficient (Wildman–Crippen LogP) is 1.54. The Morgan fingerprint density at radius 2 is 1.52 bits per heavy atom. The lowest BCUT2D eigenvalue weighted by Gasteiger charge is -2.37. The molecular formula is C23H27N3O3. The number of anilines is 1. The number of carbonyl (C=O) groups is 2. The van der Waals surface area contributed by atoms with Crippen molar-refractivity contribution >= 4 is 17.5 Å². The van der Waals surface area contributed by atoms with Crippen LogP contribution in [0.5, 0.6) is 0 Å². The minimum absolute atomic E-state index is 0.133. The van der Waals surface area contributed by atoms with Gasteiger partial charge in [-0.05, 0) is 24.1 Å². The van der Waals surface area contributed by atoms with Gasteiger partial charge in [0.15, 0.2) is 0 Å². The van der Waals surface area contributed by atoms with E-state index in [4.69, 9.17) is 0 Å². The maximum Gasteiger partial charge on any atom is 0.268 e. The number of carbonyl (C=O) groups excluding carboxylic acids is 2. The summed E-state index contributed by atoms with van der Waals surface area (Å²) < 4.78 is 0. The number of rotatable bonds is 5. The highest BCUT2D eigenvalue weighted by Gasteiger charge is 2.53. The lowest BCUT2D eigenvalue weighted by Crippen LogP contribution is -2.58. The molecule has 2 aliphatic rings. The first kappa shape index (κ1) is 19.6. The zero-order valence-electron chi connectivity index (χ0n) is 16.5. The summed E-state index contributed by atoms with van der Waals surface area (Å²) in [4.78, 5) is 31.3. The normalized spacial score (nSPS) is 22.9. The van der Waals surface area contributed by atoms with Crippen LogP contribution in [0.1, 0.15) is 12.0 Å². The van der Waals surface area contributed by atoms with Gasteiger partial charge in [0, 0.05) is 51.4 Å². The fraction of sp³-hybridized carbons (Fsp3) is 0.391. The highest BCUT2D eigenvalue weighted by atomic mass is 16.3. The summed E-state index contributed by atoms with van der Waals surface area (Å²) in [7, 11) is 0. The Morgan fingerprint density at radius 3 is 2.17 bits per heavy atom. The molecule has 0 spiro atoms. The number of amides is 2. The third-order valence-electron chi connectivity index (χ3n) is 5.94. The smallest absolute Gasteiger partial charge is 0.268 e. The van der Waals surface area contributed by atoms with Crippen LogP contribution in [0.4, 0.5) is 5.69 Å². The Morgan fingerprint density at radius 1 is 0.897 bits per heavy atom. The van der Waals surface area contributed by atoms with Gasteiger partial charge in [-0.15, -0.1) is 0 Å². The minimum atomic E-state index is -1.94. The summed E-state index contributed by atoms with van der Waals surface area (Å²) in [6.07, 6.45) is 1.11. The van der Waals surface area contributed by atoms with Gasteiger partial charge in [0.1, 0.15) is 0 Å². The van der Waals surface area contributed by atoms with E-state index in [9.17, 15) is 14.7 Å². The van der Waals surface area contributed by atoms with Crippen LogP contribution >= 0.6 is 0 Å². The van der Waals surface area contributed by atoms with E-state index in [1.165, 1.54) is 10.5 Å². The molecule has 152 valence electrons. The molecule has 2 amide bonds. The van der Waals surface area contributed by atoms with Crippen molar-refractivity contribution in [2.24, 2.45) is 0 Å². The van der Waals surface area contributed by atoms with E-state index < -0.39 is 17.4 Å². The number of hydrogen-bond acceptors (Lipinski definition) is 4. The van der Waals surface area contributed by atoms with Gasteiger partial charge >= 0.3 is 0 Å². The first-order valence-electron chi connectivity index (χ1n) is 10.2. The fourth-order valence-corrected chi connectivity index (χ4v) is 4.13. The third kappa shape index (κ3) is 4.04. The van der Waals surface area contributed by atoms with Crippen LogP contribution in [-0.4, -0.2) is 71.6 Å². The number of piperazine rings is 1. The summed E-state index contributed by atoms with van der Waals surface area (Å²) in [5.74, 6) is -0.969. The first-order chi connectivity index (χ1) is 14.1. The second-order valence-electron chi connectivity index (χ2n) is 7.77. The van der Waals surface area contributed by atoms with Crippen molar-refractivity contribution in [1.82, 2.24) is 9.80 Å². The van der Waals surface area contributed by atoms with Crippen LogP contribution < -0.4 is 4.90 Å². The molecule has 1 N–H and O–H groups in total. The number of nitrogens with zero attached hydrogens (tertiary/aromatic N) is 3.